The topological polar surface area (TPSA) is 74.5 Å². The number of methoxy groups -OCH3 is 1. The molecule has 1 aromatic heterocycles. The number of ether oxygens (including phenoxy) is 2. The maximum absolute atomic E-state index is 12.0. The molecule has 0 spiro atoms. The number of rotatable bonds is 5. The summed E-state index contributed by atoms with van der Waals surface area (Å²) in [7, 11) is 1.56. The Morgan fingerprint density at radius 1 is 1.21 bits per heavy atom. The highest BCUT2D eigenvalue weighted by Crippen LogP contribution is 2.27. The molecule has 0 atom stereocenters. The summed E-state index contributed by atoms with van der Waals surface area (Å²) < 4.78 is 15.5. The van der Waals surface area contributed by atoms with Crippen molar-refractivity contribution in [3.8, 4) is 17.1 Å². The van der Waals surface area contributed by atoms with Crippen LogP contribution in [-0.2, 0) is 11.3 Å². The van der Waals surface area contributed by atoms with E-state index in [9.17, 15) is 4.79 Å². The van der Waals surface area contributed by atoms with Crippen molar-refractivity contribution in [2.24, 2.45) is 0 Å². The smallest absolute Gasteiger partial charge is 0.338 e. The Bertz CT molecular complexity index is 863. The molecule has 2 aromatic carbocycles. The molecule has 24 heavy (non-hydrogen) atoms. The highest BCUT2D eigenvalue weighted by atomic mass is 35.5. The molecular weight excluding hydrogens is 332 g/mol. The first kappa shape index (κ1) is 16.0. The van der Waals surface area contributed by atoms with Crippen molar-refractivity contribution in [3.05, 3.63) is 65.0 Å². The molecule has 0 fully saturated rings. The molecule has 7 heteroatoms. The van der Waals surface area contributed by atoms with E-state index in [1.54, 1.807) is 31.4 Å². The molecule has 6 nitrogen and oxygen atoms in total. The van der Waals surface area contributed by atoms with Gasteiger partial charge in [0.1, 0.15) is 5.75 Å². The minimum Gasteiger partial charge on any atom is -0.496 e. The lowest BCUT2D eigenvalue weighted by molar-refractivity contribution is 0.0430. The summed E-state index contributed by atoms with van der Waals surface area (Å²) >= 11 is 5.85. The van der Waals surface area contributed by atoms with Crippen LogP contribution in [0.3, 0.4) is 0 Å². The second kappa shape index (κ2) is 7.14. The molecule has 0 radical (unpaired) electrons. The fourth-order valence-electron chi connectivity index (χ4n) is 2.08. The normalized spacial score (nSPS) is 10.4. The molecule has 0 saturated heterocycles. The summed E-state index contributed by atoms with van der Waals surface area (Å²) in [4.78, 5) is 16.2. The van der Waals surface area contributed by atoms with Crippen LogP contribution in [0.5, 0.6) is 5.75 Å². The lowest BCUT2D eigenvalue weighted by Gasteiger charge is -2.03. The molecule has 0 saturated carbocycles. The molecule has 0 aliphatic carbocycles. The minimum atomic E-state index is -0.519. The molecule has 3 rings (SSSR count). The number of carbonyl (C=O) groups is 1. The SMILES string of the molecule is COc1ccccc1-c1noc(COC(=O)c2cccc(Cl)c2)n1. The second-order valence-corrected chi connectivity index (χ2v) is 5.23. The van der Waals surface area contributed by atoms with Crippen LogP contribution in [0.25, 0.3) is 11.4 Å². The van der Waals surface area contributed by atoms with Crippen LogP contribution in [-0.4, -0.2) is 23.2 Å². The van der Waals surface area contributed by atoms with E-state index in [0.717, 1.165) is 0 Å². The molecule has 0 amide bonds. The molecule has 0 bridgehead atoms. The van der Waals surface area contributed by atoms with Gasteiger partial charge in [-0.3, -0.25) is 0 Å². The summed E-state index contributed by atoms with van der Waals surface area (Å²) in [5.74, 6) is 0.655. The third-order valence-corrected chi connectivity index (χ3v) is 3.44. The average molecular weight is 345 g/mol. The summed E-state index contributed by atoms with van der Waals surface area (Å²) in [5, 5.41) is 4.34. The number of hydrogen-bond donors (Lipinski definition) is 0. The second-order valence-electron chi connectivity index (χ2n) is 4.80. The highest BCUT2D eigenvalue weighted by Gasteiger charge is 2.15. The quantitative estimate of drug-likeness (QED) is 0.656. The van der Waals surface area contributed by atoms with Gasteiger partial charge in [-0.05, 0) is 30.3 Å². The number of esters is 1. The Balaban J connectivity index is 1.69. The number of halogens is 1. The van der Waals surface area contributed by atoms with Gasteiger partial charge in [0.15, 0.2) is 6.61 Å². The molecule has 0 N–H and O–H groups in total. The standard InChI is InChI=1S/C17H13ClN2O4/c1-22-14-8-3-2-7-13(14)16-19-15(24-20-16)10-23-17(21)11-5-4-6-12(18)9-11/h2-9H,10H2,1H3. The van der Waals surface area contributed by atoms with Crippen molar-refractivity contribution < 1.29 is 18.8 Å². The van der Waals surface area contributed by atoms with E-state index in [2.05, 4.69) is 10.1 Å². The van der Waals surface area contributed by atoms with Gasteiger partial charge in [0.2, 0.25) is 5.82 Å². The van der Waals surface area contributed by atoms with E-state index in [1.807, 2.05) is 18.2 Å². The van der Waals surface area contributed by atoms with Gasteiger partial charge in [0.05, 0.1) is 18.2 Å². The molecule has 122 valence electrons. The van der Waals surface area contributed by atoms with E-state index in [0.29, 0.717) is 27.7 Å². The summed E-state index contributed by atoms with van der Waals surface area (Å²) in [6.07, 6.45) is 0. The first-order chi connectivity index (χ1) is 11.7. The molecule has 0 aliphatic rings. The summed E-state index contributed by atoms with van der Waals surface area (Å²) in [5.41, 5.74) is 1.04. The molecule has 1 heterocycles. The first-order valence-electron chi connectivity index (χ1n) is 7.06. The molecule has 3 aromatic rings. The zero-order valence-electron chi connectivity index (χ0n) is 12.7. The van der Waals surface area contributed by atoms with Gasteiger partial charge in [-0.25, -0.2) is 4.79 Å². The van der Waals surface area contributed by atoms with Crippen LogP contribution in [0, 0.1) is 0 Å². The molecular formula is C17H13ClN2O4. The van der Waals surface area contributed by atoms with Crippen LogP contribution in [0.2, 0.25) is 5.02 Å². The maximum Gasteiger partial charge on any atom is 0.338 e. The summed E-state index contributed by atoms with van der Waals surface area (Å²) in [6, 6.07) is 13.8. The van der Waals surface area contributed by atoms with Gasteiger partial charge in [-0.1, -0.05) is 35.0 Å². The van der Waals surface area contributed by atoms with Crippen molar-refractivity contribution in [1.29, 1.82) is 0 Å². The highest BCUT2D eigenvalue weighted by molar-refractivity contribution is 6.30. The maximum atomic E-state index is 12.0. The van der Waals surface area contributed by atoms with Gasteiger partial charge in [0, 0.05) is 5.02 Å². The van der Waals surface area contributed by atoms with Crippen LogP contribution < -0.4 is 4.74 Å². The third-order valence-electron chi connectivity index (χ3n) is 3.20. The first-order valence-corrected chi connectivity index (χ1v) is 7.44. The zero-order valence-corrected chi connectivity index (χ0v) is 13.5. The Morgan fingerprint density at radius 2 is 2.04 bits per heavy atom. The Morgan fingerprint density at radius 3 is 2.83 bits per heavy atom. The fourth-order valence-corrected chi connectivity index (χ4v) is 2.27. The Kier molecular flexibility index (Phi) is 4.77. The van der Waals surface area contributed by atoms with Crippen molar-refractivity contribution in [2.75, 3.05) is 7.11 Å². The average Bonchev–Trinajstić information content (AvgIpc) is 3.08. The van der Waals surface area contributed by atoms with E-state index in [4.69, 9.17) is 25.6 Å². The number of benzene rings is 2. The number of carbonyl (C=O) groups excluding carboxylic acids is 1. The van der Waals surface area contributed by atoms with Crippen LogP contribution >= 0.6 is 11.6 Å². The van der Waals surface area contributed by atoms with Gasteiger partial charge in [-0.15, -0.1) is 0 Å². The largest absolute Gasteiger partial charge is 0.496 e. The third kappa shape index (κ3) is 3.55. The van der Waals surface area contributed by atoms with Crippen molar-refractivity contribution in [2.45, 2.75) is 6.61 Å². The predicted molar refractivity (Wildman–Crippen MR) is 86.9 cm³/mol. The minimum absolute atomic E-state index is 0.131. The van der Waals surface area contributed by atoms with Crippen LogP contribution in [0.1, 0.15) is 16.2 Å². The van der Waals surface area contributed by atoms with E-state index in [-0.39, 0.29) is 12.5 Å². The molecule has 0 aliphatic heterocycles. The predicted octanol–water partition coefficient (Wildman–Crippen LogP) is 3.76. The number of para-hydroxylation sites is 1. The van der Waals surface area contributed by atoms with Gasteiger partial charge in [-0.2, -0.15) is 4.98 Å². The summed E-state index contributed by atoms with van der Waals surface area (Å²) in [6.45, 7) is -0.131. The van der Waals surface area contributed by atoms with Gasteiger partial charge in [0.25, 0.3) is 5.89 Å². The lowest BCUT2D eigenvalue weighted by atomic mass is 10.2. The van der Waals surface area contributed by atoms with E-state index >= 15 is 0 Å². The Hall–Kier alpha value is -2.86. The Labute approximate surface area is 143 Å². The van der Waals surface area contributed by atoms with E-state index in [1.165, 1.54) is 6.07 Å². The monoisotopic (exact) mass is 344 g/mol. The lowest BCUT2D eigenvalue weighted by Crippen LogP contribution is -2.05. The van der Waals surface area contributed by atoms with Crippen LogP contribution in [0.4, 0.5) is 0 Å². The number of nitrogens with zero attached hydrogens (tertiary/aromatic N) is 2. The number of hydrogen-bond acceptors (Lipinski definition) is 6. The van der Waals surface area contributed by atoms with Gasteiger partial charge >= 0.3 is 5.97 Å². The van der Waals surface area contributed by atoms with Crippen LogP contribution in [0.15, 0.2) is 53.1 Å². The van der Waals surface area contributed by atoms with Gasteiger partial charge < -0.3 is 14.0 Å². The number of aromatic nitrogens is 2. The zero-order chi connectivity index (χ0) is 16.9. The fraction of sp³-hybridized carbons (Fsp3) is 0.118. The van der Waals surface area contributed by atoms with Crippen molar-refractivity contribution in [3.63, 3.8) is 0 Å². The molecule has 0 unspecified atom stereocenters. The van der Waals surface area contributed by atoms with Crippen molar-refractivity contribution in [1.82, 2.24) is 10.1 Å². The van der Waals surface area contributed by atoms with E-state index < -0.39 is 5.97 Å². The van der Waals surface area contributed by atoms with Crippen molar-refractivity contribution >= 4 is 17.6 Å².